The van der Waals surface area contributed by atoms with Crippen molar-refractivity contribution in [2.24, 2.45) is 0 Å². The molecule has 0 bridgehead atoms. The van der Waals surface area contributed by atoms with Gasteiger partial charge in [-0.3, -0.25) is 0 Å². The van der Waals surface area contributed by atoms with Gasteiger partial charge in [-0.1, -0.05) is 25.4 Å². The maximum atomic E-state index is 5.71. The van der Waals surface area contributed by atoms with Gasteiger partial charge in [-0.15, -0.1) is 10.2 Å². The number of hydrogen-bond acceptors (Lipinski definition) is 5. The van der Waals surface area contributed by atoms with E-state index < -0.39 is 0 Å². The first-order valence-electron chi connectivity index (χ1n) is 5.76. The van der Waals surface area contributed by atoms with Crippen LogP contribution in [0.4, 0.5) is 5.95 Å². The molecule has 0 aliphatic rings. The van der Waals surface area contributed by atoms with Crippen LogP contribution >= 0.6 is 11.6 Å². The summed E-state index contributed by atoms with van der Waals surface area (Å²) in [6.45, 7) is 5.67. The van der Waals surface area contributed by atoms with E-state index in [1.165, 1.54) is 0 Å². The third-order valence-electron chi connectivity index (χ3n) is 2.42. The molecule has 0 fully saturated rings. The molecule has 18 heavy (non-hydrogen) atoms. The van der Waals surface area contributed by atoms with Crippen LogP contribution in [0.3, 0.4) is 0 Å². The van der Waals surface area contributed by atoms with E-state index in [1.54, 1.807) is 18.7 Å². The molecule has 0 atom stereocenters. The zero-order valence-corrected chi connectivity index (χ0v) is 11.1. The predicted octanol–water partition coefficient (Wildman–Crippen LogP) is 1.96. The van der Waals surface area contributed by atoms with Gasteiger partial charge < -0.3 is 9.88 Å². The summed E-state index contributed by atoms with van der Waals surface area (Å²) in [6, 6.07) is 0. The molecule has 0 saturated heterocycles. The largest absolute Gasteiger partial charge is 0.352 e. The van der Waals surface area contributed by atoms with Crippen LogP contribution in [0.25, 0.3) is 0 Å². The van der Waals surface area contributed by atoms with Gasteiger partial charge in [0.15, 0.2) is 0 Å². The van der Waals surface area contributed by atoms with Crippen LogP contribution in [0.15, 0.2) is 18.7 Å². The Labute approximate surface area is 110 Å². The molecule has 2 heterocycles. The second-order valence-electron chi connectivity index (χ2n) is 4.19. The zero-order valence-electron chi connectivity index (χ0n) is 10.3. The van der Waals surface area contributed by atoms with Crippen molar-refractivity contribution in [2.75, 3.05) is 11.9 Å². The maximum Gasteiger partial charge on any atom is 0.222 e. The molecule has 96 valence electrons. The van der Waals surface area contributed by atoms with Crippen molar-refractivity contribution in [1.29, 1.82) is 0 Å². The van der Waals surface area contributed by atoms with Crippen molar-refractivity contribution >= 4 is 17.5 Å². The summed E-state index contributed by atoms with van der Waals surface area (Å²) in [5, 5.41) is 11.7. The Morgan fingerprint density at radius 2 is 2.06 bits per heavy atom. The third kappa shape index (κ3) is 3.16. The van der Waals surface area contributed by atoms with E-state index in [0.717, 1.165) is 12.4 Å². The summed E-state index contributed by atoms with van der Waals surface area (Å²) in [5.41, 5.74) is 0. The number of nitrogens with zero attached hydrogens (tertiary/aromatic N) is 5. The Kier molecular flexibility index (Phi) is 4.09. The second kappa shape index (κ2) is 5.77. The fraction of sp³-hybridized carbons (Fsp3) is 0.455. The van der Waals surface area contributed by atoms with Gasteiger partial charge in [-0.25, -0.2) is 9.97 Å². The van der Waals surface area contributed by atoms with E-state index >= 15 is 0 Å². The van der Waals surface area contributed by atoms with E-state index in [-0.39, 0.29) is 0 Å². The monoisotopic (exact) mass is 266 g/mol. The van der Waals surface area contributed by atoms with Gasteiger partial charge in [0.2, 0.25) is 5.95 Å². The zero-order chi connectivity index (χ0) is 13.0. The predicted molar refractivity (Wildman–Crippen MR) is 69.6 cm³/mol. The van der Waals surface area contributed by atoms with Crippen LogP contribution in [-0.4, -0.2) is 31.3 Å². The van der Waals surface area contributed by atoms with Crippen LogP contribution in [0.1, 0.15) is 25.6 Å². The number of nitrogens with one attached hydrogen (secondary N) is 1. The Bertz CT molecular complexity index is 492. The molecule has 2 aromatic heterocycles. The SMILES string of the molecule is CC(C)c1nncn1CCNc1ncc(Cl)cn1. The molecule has 0 aliphatic heterocycles. The third-order valence-corrected chi connectivity index (χ3v) is 2.61. The van der Waals surface area contributed by atoms with Gasteiger partial charge in [0.05, 0.1) is 17.4 Å². The van der Waals surface area contributed by atoms with Crippen molar-refractivity contribution in [3.63, 3.8) is 0 Å². The van der Waals surface area contributed by atoms with Gasteiger partial charge in [0.1, 0.15) is 12.2 Å². The van der Waals surface area contributed by atoms with E-state index in [9.17, 15) is 0 Å². The Hall–Kier alpha value is -1.69. The van der Waals surface area contributed by atoms with Crippen LogP contribution in [0, 0.1) is 0 Å². The second-order valence-corrected chi connectivity index (χ2v) is 4.63. The molecule has 6 nitrogen and oxygen atoms in total. The quantitative estimate of drug-likeness (QED) is 0.896. The lowest BCUT2D eigenvalue weighted by molar-refractivity contribution is 0.635. The maximum absolute atomic E-state index is 5.71. The molecule has 0 amide bonds. The first kappa shape index (κ1) is 12.8. The van der Waals surface area contributed by atoms with Gasteiger partial charge in [-0.05, 0) is 0 Å². The van der Waals surface area contributed by atoms with E-state index in [4.69, 9.17) is 11.6 Å². The molecule has 0 unspecified atom stereocenters. The summed E-state index contributed by atoms with van der Waals surface area (Å²) in [7, 11) is 0. The number of rotatable bonds is 5. The number of anilines is 1. The average Bonchev–Trinajstić information content (AvgIpc) is 2.80. The van der Waals surface area contributed by atoms with Crippen molar-refractivity contribution in [2.45, 2.75) is 26.3 Å². The van der Waals surface area contributed by atoms with Gasteiger partial charge in [0.25, 0.3) is 0 Å². The summed E-state index contributed by atoms with van der Waals surface area (Å²) >= 11 is 5.71. The van der Waals surface area contributed by atoms with Crippen LogP contribution in [0.5, 0.6) is 0 Å². The van der Waals surface area contributed by atoms with Crippen molar-refractivity contribution < 1.29 is 0 Å². The summed E-state index contributed by atoms with van der Waals surface area (Å²) < 4.78 is 2.02. The molecule has 1 N–H and O–H groups in total. The highest BCUT2D eigenvalue weighted by molar-refractivity contribution is 6.30. The van der Waals surface area contributed by atoms with Gasteiger partial charge in [-0.2, -0.15) is 0 Å². The molecule has 0 aromatic carbocycles. The van der Waals surface area contributed by atoms with Crippen LogP contribution in [-0.2, 0) is 6.54 Å². The van der Waals surface area contributed by atoms with Crippen molar-refractivity contribution in [1.82, 2.24) is 24.7 Å². The summed E-state index contributed by atoms with van der Waals surface area (Å²) in [5.74, 6) is 1.91. The molecule has 2 aromatic rings. The molecule has 0 saturated carbocycles. The van der Waals surface area contributed by atoms with Crippen molar-refractivity contribution in [3.8, 4) is 0 Å². The smallest absolute Gasteiger partial charge is 0.222 e. The molecule has 7 heteroatoms. The minimum absolute atomic E-state index is 0.360. The molecule has 0 aliphatic carbocycles. The standard InChI is InChI=1S/C11H15ClN6/c1-8(2)10-17-16-7-18(10)4-3-13-11-14-5-9(12)6-15-11/h5-8H,3-4H2,1-2H3,(H,13,14,15). The van der Waals surface area contributed by atoms with Gasteiger partial charge >= 0.3 is 0 Å². The number of halogens is 1. The van der Waals surface area contributed by atoms with Crippen molar-refractivity contribution in [3.05, 3.63) is 29.6 Å². The number of hydrogen-bond donors (Lipinski definition) is 1. The Morgan fingerprint density at radius 3 is 2.72 bits per heavy atom. The lowest BCUT2D eigenvalue weighted by Gasteiger charge is -2.09. The summed E-state index contributed by atoms with van der Waals surface area (Å²) in [4.78, 5) is 8.12. The Balaban J connectivity index is 1.88. The lowest BCUT2D eigenvalue weighted by atomic mass is 10.2. The van der Waals surface area contributed by atoms with Gasteiger partial charge in [0, 0.05) is 19.0 Å². The van der Waals surface area contributed by atoms with Crippen LogP contribution in [0.2, 0.25) is 5.02 Å². The minimum atomic E-state index is 0.360. The normalized spacial score (nSPS) is 10.9. The topological polar surface area (TPSA) is 68.5 Å². The van der Waals surface area contributed by atoms with E-state index in [2.05, 4.69) is 39.3 Å². The average molecular weight is 267 g/mol. The highest BCUT2D eigenvalue weighted by Crippen LogP contribution is 2.10. The molecule has 2 rings (SSSR count). The fourth-order valence-corrected chi connectivity index (χ4v) is 1.67. The van der Waals surface area contributed by atoms with E-state index in [0.29, 0.717) is 23.4 Å². The molecular weight excluding hydrogens is 252 g/mol. The molecule has 0 spiro atoms. The summed E-state index contributed by atoms with van der Waals surface area (Å²) in [6.07, 6.45) is 4.87. The molecular formula is C11H15ClN6. The first-order valence-corrected chi connectivity index (χ1v) is 6.13. The van der Waals surface area contributed by atoms with E-state index in [1.807, 2.05) is 4.57 Å². The Morgan fingerprint density at radius 1 is 1.33 bits per heavy atom. The molecule has 0 radical (unpaired) electrons. The lowest BCUT2D eigenvalue weighted by Crippen LogP contribution is -2.14. The highest BCUT2D eigenvalue weighted by atomic mass is 35.5. The minimum Gasteiger partial charge on any atom is -0.352 e. The first-order chi connectivity index (χ1) is 8.66. The highest BCUT2D eigenvalue weighted by Gasteiger charge is 2.07. The number of aromatic nitrogens is 5. The fourth-order valence-electron chi connectivity index (χ4n) is 1.58. The van der Waals surface area contributed by atoms with Crippen LogP contribution < -0.4 is 5.32 Å².